The van der Waals surface area contributed by atoms with Crippen molar-refractivity contribution in [3.8, 4) is 0 Å². The fraction of sp³-hybridized carbons (Fsp3) is 0.286. The molecule has 0 fully saturated rings. The normalized spacial score (nSPS) is 12.9. The second-order valence-electron chi connectivity index (χ2n) is 9.02. The van der Waals surface area contributed by atoms with Crippen LogP contribution < -0.4 is 9.62 Å². The summed E-state index contributed by atoms with van der Waals surface area (Å²) in [7, 11) is -4.14. The van der Waals surface area contributed by atoms with Gasteiger partial charge in [0.15, 0.2) is 0 Å². The van der Waals surface area contributed by atoms with Crippen molar-refractivity contribution in [2.24, 2.45) is 0 Å². The quantitative estimate of drug-likeness (QED) is 0.264. The molecule has 0 radical (unpaired) electrons. The monoisotopic (exact) mass is 653 g/mol. The van der Waals surface area contributed by atoms with E-state index in [1.165, 1.54) is 17.0 Å². The molecule has 11 heteroatoms. The Kier molecular flexibility index (Phi) is 10.8. The lowest BCUT2D eigenvalue weighted by Gasteiger charge is -2.32. The summed E-state index contributed by atoms with van der Waals surface area (Å²) in [6.45, 7) is 4.75. The third kappa shape index (κ3) is 7.75. The van der Waals surface area contributed by atoms with Gasteiger partial charge in [0.05, 0.1) is 10.6 Å². The zero-order valence-corrected chi connectivity index (χ0v) is 25.7. The van der Waals surface area contributed by atoms with Gasteiger partial charge in [-0.25, -0.2) is 8.42 Å². The summed E-state index contributed by atoms with van der Waals surface area (Å²) in [5.41, 5.74) is 0.751. The highest BCUT2D eigenvalue weighted by Crippen LogP contribution is 2.29. The van der Waals surface area contributed by atoms with Crippen LogP contribution in [0.2, 0.25) is 10.0 Å². The molecule has 0 saturated heterocycles. The van der Waals surface area contributed by atoms with E-state index in [-0.39, 0.29) is 23.4 Å². The van der Waals surface area contributed by atoms with Gasteiger partial charge >= 0.3 is 0 Å². The first-order valence-electron chi connectivity index (χ1n) is 12.3. The molecule has 3 aromatic carbocycles. The van der Waals surface area contributed by atoms with Crippen molar-refractivity contribution in [3.63, 3.8) is 0 Å². The third-order valence-electron chi connectivity index (χ3n) is 6.28. The predicted octanol–water partition coefficient (Wildman–Crippen LogP) is 6.28. The molecule has 0 saturated carbocycles. The van der Waals surface area contributed by atoms with E-state index in [2.05, 4.69) is 21.2 Å². The average molecular weight is 655 g/mol. The maximum Gasteiger partial charge on any atom is 0.264 e. The van der Waals surface area contributed by atoms with E-state index < -0.39 is 28.5 Å². The van der Waals surface area contributed by atoms with Crippen LogP contribution in [-0.2, 0) is 26.2 Å². The Hall–Kier alpha value is -2.59. The van der Waals surface area contributed by atoms with E-state index in [9.17, 15) is 18.0 Å². The molecule has 0 aliphatic rings. The summed E-state index contributed by atoms with van der Waals surface area (Å²) in [6, 6.07) is 18.4. The van der Waals surface area contributed by atoms with Crippen LogP contribution in [0.1, 0.15) is 32.8 Å². The Morgan fingerprint density at radius 1 is 0.923 bits per heavy atom. The first kappa shape index (κ1) is 30.9. The van der Waals surface area contributed by atoms with Gasteiger partial charge in [-0.1, -0.05) is 70.3 Å². The van der Waals surface area contributed by atoms with E-state index in [1.807, 2.05) is 13.8 Å². The van der Waals surface area contributed by atoms with Crippen molar-refractivity contribution >= 4 is 66.7 Å². The standard InChI is InChI=1S/C28H30BrCl2N3O4S/c1-4-19(2)32-28(36)20(3)33(17-24-25(30)11-8-12-26(24)31)27(35)18-34(22-15-13-21(29)14-16-22)39(37,38)23-9-6-5-7-10-23/h5-16,19-20H,4,17-18H2,1-3H3,(H,32,36)/t19-,20-/m1/s1. The Labute approximate surface area is 248 Å². The zero-order chi connectivity index (χ0) is 28.7. The van der Waals surface area contributed by atoms with Gasteiger partial charge in [0.1, 0.15) is 12.6 Å². The van der Waals surface area contributed by atoms with E-state index in [0.717, 1.165) is 8.78 Å². The number of amides is 2. The predicted molar refractivity (Wildman–Crippen MR) is 159 cm³/mol. The molecule has 3 aromatic rings. The lowest BCUT2D eigenvalue weighted by molar-refractivity contribution is -0.139. The smallest absolute Gasteiger partial charge is 0.264 e. The number of sulfonamides is 1. The van der Waals surface area contributed by atoms with Gasteiger partial charge in [0, 0.05) is 32.7 Å². The summed E-state index contributed by atoms with van der Waals surface area (Å²) in [5.74, 6) is -0.970. The van der Waals surface area contributed by atoms with E-state index in [0.29, 0.717) is 27.7 Å². The van der Waals surface area contributed by atoms with Crippen molar-refractivity contribution in [3.05, 3.63) is 92.9 Å². The van der Waals surface area contributed by atoms with Crippen LogP contribution in [-0.4, -0.2) is 43.8 Å². The highest BCUT2D eigenvalue weighted by atomic mass is 79.9. The first-order chi connectivity index (χ1) is 18.4. The number of hydrogen-bond acceptors (Lipinski definition) is 4. The van der Waals surface area contributed by atoms with Gasteiger partial charge in [-0.15, -0.1) is 0 Å². The Morgan fingerprint density at radius 3 is 2.08 bits per heavy atom. The van der Waals surface area contributed by atoms with Gasteiger partial charge in [-0.3, -0.25) is 13.9 Å². The van der Waals surface area contributed by atoms with Crippen LogP contribution in [0.25, 0.3) is 0 Å². The zero-order valence-electron chi connectivity index (χ0n) is 21.8. The minimum atomic E-state index is -4.14. The van der Waals surface area contributed by atoms with Gasteiger partial charge in [-0.05, 0) is 68.8 Å². The number of carbonyl (C=O) groups excluding carboxylic acids is 2. The molecular formula is C28H30BrCl2N3O4S. The van der Waals surface area contributed by atoms with Crippen LogP contribution in [0, 0.1) is 0 Å². The number of nitrogens with zero attached hydrogens (tertiary/aromatic N) is 2. The molecule has 0 aliphatic heterocycles. The second kappa shape index (κ2) is 13.7. The van der Waals surface area contributed by atoms with Crippen LogP contribution in [0.4, 0.5) is 5.69 Å². The molecule has 0 bridgehead atoms. The van der Waals surface area contributed by atoms with Crippen LogP contribution in [0.3, 0.4) is 0 Å². The summed E-state index contributed by atoms with van der Waals surface area (Å²) >= 11 is 16.2. The number of nitrogens with one attached hydrogen (secondary N) is 1. The molecule has 2 amide bonds. The van der Waals surface area contributed by atoms with E-state index in [1.54, 1.807) is 67.6 Å². The van der Waals surface area contributed by atoms with Crippen LogP contribution in [0.15, 0.2) is 82.2 Å². The van der Waals surface area contributed by atoms with E-state index in [4.69, 9.17) is 23.2 Å². The largest absolute Gasteiger partial charge is 0.352 e. The lowest BCUT2D eigenvalue weighted by atomic mass is 10.1. The maximum absolute atomic E-state index is 13.9. The summed E-state index contributed by atoms with van der Waals surface area (Å²) in [4.78, 5) is 28.4. The summed E-state index contributed by atoms with van der Waals surface area (Å²) in [5, 5.41) is 3.55. The number of rotatable bonds is 11. The van der Waals surface area contributed by atoms with Gasteiger partial charge in [0.25, 0.3) is 10.0 Å². The topological polar surface area (TPSA) is 86.8 Å². The van der Waals surface area contributed by atoms with Crippen molar-refractivity contribution in [1.29, 1.82) is 0 Å². The average Bonchev–Trinajstić information content (AvgIpc) is 2.92. The summed E-state index contributed by atoms with van der Waals surface area (Å²) in [6.07, 6.45) is 0.704. The molecule has 0 aromatic heterocycles. The van der Waals surface area contributed by atoms with E-state index >= 15 is 0 Å². The molecule has 1 N–H and O–H groups in total. The maximum atomic E-state index is 13.9. The van der Waals surface area contributed by atoms with Gasteiger partial charge in [0.2, 0.25) is 11.8 Å². The molecular weight excluding hydrogens is 625 g/mol. The highest BCUT2D eigenvalue weighted by molar-refractivity contribution is 9.10. The lowest BCUT2D eigenvalue weighted by Crippen LogP contribution is -2.52. The molecule has 2 atom stereocenters. The molecule has 7 nitrogen and oxygen atoms in total. The molecule has 39 heavy (non-hydrogen) atoms. The Morgan fingerprint density at radius 2 is 1.51 bits per heavy atom. The van der Waals surface area contributed by atoms with Crippen LogP contribution >= 0.6 is 39.1 Å². The first-order valence-corrected chi connectivity index (χ1v) is 15.3. The third-order valence-corrected chi connectivity index (χ3v) is 9.31. The Balaban J connectivity index is 2.05. The number of halogens is 3. The van der Waals surface area contributed by atoms with Crippen LogP contribution in [0.5, 0.6) is 0 Å². The van der Waals surface area contributed by atoms with Crippen molar-refractivity contribution in [2.75, 3.05) is 10.8 Å². The SMILES string of the molecule is CC[C@@H](C)NC(=O)[C@@H](C)N(Cc1c(Cl)cccc1Cl)C(=O)CN(c1ccc(Br)cc1)S(=O)(=O)c1ccccc1. The molecule has 0 spiro atoms. The minimum Gasteiger partial charge on any atom is -0.352 e. The second-order valence-corrected chi connectivity index (χ2v) is 12.6. The minimum absolute atomic E-state index is 0.0315. The fourth-order valence-corrected chi connectivity index (χ4v) is 5.97. The highest BCUT2D eigenvalue weighted by Gasteiger charge is 2.33. The number of anilines is 1. The van der Waals surface area contributed by atoms with Gasteiger partial charge < -0.3 is 10.2 Å². The van der Waals surface area contributed by atoms with Crippen molar-refractivity contribution < 1.29 is 18.0 Å². The summed E-state index contributed by atoms with van der Waals surface area (Å²) < 4.78 is 29.3. The molecule has 3 rings (SSSR count). The van der Waals surface area contributed by atoms with Gasteiger partial charge in [-0.2, -0.15) is 0 Å². The number of benzene rings is 3. The molecule has 208 valence electrons. The molecule has 0 unspecified atom stereocenters. The Bertz CT molecular complexity index is 1390. The van der Waals surface area contributed by atoms with Crippen molar-refractivity contribution in [2.45, 2.75) is 50.7 Å². The number of hydrogen-bond donors (Lipinski definition) is 1. The fourth-order valence-electron chi connectivity index (χ4n) is 3.76. The molecule has 0 heterocycles. The number of carbonyl (C=O) groups is 2. The van der Waals surface area contributed by atoms with Crippen molar-refractivity contribution in [1.82, 2.24) is 10.2 Å². The molecule has 0 aliphatic carbocycles.